The maximum Gasteiger partial charge on any atom is 0.0419 e. The zero-order valence-electron chi connectivity index (χ0n) is 8.87. The Balaban J connectivity index is 2.59. The summed E-state index contributed by atoms with van der Waals surface area (Å²) in [5, 5.41) is 0. The van der Waals surface area contributed by atoms with Crippen molar-refractivity contribution >= 4 is 0 Å². The van der Waals surface area contributed by atoms with Crippen LogP contribution in [0.25, 0.3) is 0 Å². The minimum Gasteiger partial charge on any atom is -0.329 e. The molecule has 0 aliphatic heterocycles. The molecule has 0 aliphatic carbocycles. The van der Waals surface area contributed by atoms with E-state index in [2.05, 4.69) is 31.2 Å². The standard InChI is InChI=1S/C12H20N2/c1-2-3-4-10-5-7-11(8-6-10)12(14)9-13/h5-8,12H,2-4,9,13-14H2,1H3/t12-/m1/s1. The van der Waals surface area contributed by atoms with Crippen molar-refractivity contribution in [3.8, 4) is 0 Å². The third-order valence-electron chi connectivity index (χ3n) is 2.48. The summed E-state index contributed by atoms with van der Waals surface area (Å²) in [6.07, 6.45) is 3.65. The van der Waals surface area contributed by atoms with E-state index in [0.717, 1.165) is 12.0 Å². The summed E-state index contributed by atoms with van der Waals surface area (Å²) in [4.78, 5) is 0. The second-order valence-corrected chi connectivity index (χ2v) is 3.69. The van der Waals surface area contributed by atoms with Crippen LogP contribution in [0.2, 0.25) is 0 Å². The molecular weight excluding hydrogens is 172 g/mol. The Labute approximate surface area is 86.3 Å². The number of hydrogen-bond donors (Lipinski definition) is 2. The Hall–Kier alpha value is -0.860. The highest BCUT2D eigenvalue weighted by Crippen LogP contribution is 2.12. The van der Waals surface area contributed by atoms with Crippen LogP contribution in [0.15, 0.2) is 24.3 Å². The van der Waals surface area contributed by atoms with Crippen LogP contribution >= 0.6 is 0 Å². The van der Waals surface area contributed by atoms with E-state index in [1.54, 1.807) is 0 Å². The van der Waals surface area contributed by atoms with Crippen LogP contribution in [0.4, 0.5) is 0 Å². The topological polar surface area (TPSA) is 52.0 Å². The molecule has 0 radical (unpaired) electrons. The highest BCUT2D eigenvalue weighted by atomic mass is 14.7. The summed E-state index contributed by atoms with van der Waals surface area (Å²) in [7, 11) is 0. The molecular formula is C12H20N2. The van der Waals surface area contributed by atoms with E-state index in [1.165, 1.54) is 18.4 Å². The fraction of sp³-hybridized carbons (Fsp3) is 0.500. The van der Waals surface area contributed by atoms with Crippen LogP contribution in [0.5, 0.6) is 0 Å². The van der Waals surface area contributed by atoms with Gasteiger partial charge in [-0.2, -0.15) is 0 Å². The second kappa shape index (κ2) is 5.78. The number of hydrogen-bond acceptors (Lipinski definition) is 2. The van der Waals surface area contributed by atoms with Gasteiger partial charge in [0.25, 0.3) is 0 Å². The van der Waals surface area contributed by atoms with Gasteiger partial charge in [-0.3, -0.25) is 0 Å². The van der Waals surface area contributed by atoms with E-state index in [9.17, 15) is 0 Å². The highest BCUT2D eigenvalue weighted by Gasteiger charge is 2.02. The molecule has 1 aromatic rings. The number of aryl methyl sites for hydroxylation is 1. The molecule has 1 atom stereocenters. The first-order valence-corrected chi connectivity index (χ1v) is 5.32. The SMILES string of the molecule is CCCCc1ccc([C@H](N)CN)cc1. The zero-order valence-corrected chi connectivity index (χ0v) is 8.87. The van der Waals surface area contributed by atoms with Crippen LogP contribution in [-0.4, -0.2) is 6.54 Å². The van der Waals surface area contributed by atoms with E-state index in [0.29, 0.717) is 6.54 Å². The van der Waals surface area contributed by atoms with Crippen molar-refractivity contribution in [1.82, 2.24) is 0 Å². The van der Waals surface area contributed by atoms with Gasteiger partial charge in [0, 0.05) is 12.6 Å². The van der Waals surface area contributed by atoms with Gasteiger partial charge in [0.05, 0.1) is 0 Å². The lowest BCUT2D eigenvalue weighted by Gasteiger charge is -2.09. The zero-order chi connectivity index (χ0) is 10.4. The van der Waals surface area contributed by atoms with Crippen LogP contribution in [0.3, 0.4) is 0 Å². The molecule has 1 rings (SSSR count). The normalized spacial score (nSPS) is 12.8. The van der Waals surface area contributed by atoms with Crippen LogP contribution in [0, 0.1) is 0 Å². The van der Waals surface area contributed by atoms with Crippen molar-refractivity contribution in [1.29, 1.82) is 0 Å². The van der Waals surface area contributed by atoms with E-state index in [-0.39, 0.29) is 6.04 Å². The summed E-state index contributed by atoms with van der Waals surface area (Å²) in [6, 6.07) is 8.46. The molecule has 0 amide bonds. The first kappa shape index (κ1) is 11.2. The molecule has 0 saturated carbocycles. The molecule has 2 nitrogen and oxygen atoms in total. The van der Waals surface area contributed by atoms with Gasteiger partial charge < -0.3 is 11.5 Å². The largest absolute Gasteiger partial charge is 0.329 e. The smallest absolute Gasteiger partial charge is 0.0419 e. The number of rotatable bonds is 5. The van der Waals surface area contributed by atoms with E-state index >= 15 is 0 Å². The monoisotopic (exact) mass is 192 g/mol. The van der Waals surface area contributed by atoms with Crippen molar-refractivity contribution in [2.24, 2.45) is 11.5 Å². The van der Waals surface area contributed by atoms with E-state index in [1.807, 2.05) is 0 Å². The van der Waals surface area contributed by atoms with Gasteiger partial charge >= 0.3 is 0 Å². The van der Waals surface area contributed by atoms with Crippen molar-refractivity contribution in [2.75, 3.05) is 6.54 Å². The minimum absolute atomic E-state index is 0.0183. The second-order valence-electron chi connectivity index (χ2n) is 3.69. The van der Waals surface area contributed by atoms with Crippen LogP contribution in [-0.2, 0) is 6.42 Å². The molecule has 0 spiro atoms. The molecule has 0 unspecified atom stereocenters. The quantitative estimate of drug-likeness (QED) is 0.749. The predicted molar refractivity (Wildman–Crippen MR) is 61.0 cm³/mol. The van der Waals surface area contributed by atoms with Crippen molar-refractivity contribution < 1.29 is 0 Å². The third-order valence-corrected chi connectivity index (χ3v) is 2.48. The maximum atomic E-state index is 5.82. The third kappa shape index (κ3) is 3.13. The molecule has 0 heterocycles. The molecule has 0 aliphatic rings. The fourth-order valence-electron chi connectivity index (χ4n) is 1.45. The molecule has 0 bridgehead atoms. The summed E-state index contributed by atoms with van der Waals surface area (Å²) in [5.41, 5.74) is 13.8. The van der Waals surface area contributed by atoms with E-state index in [4.69, 9.17) is 11.5 Å². The molecule has 78 valence electrons. The lowest BCUT2D eigenvalue weighted by molar-refractivity contribution is 0.735. The van der Waals surface area contributed by atoms with Crippen molar-refractivity contribution in [3.63, 3.8) is 0 Å². The van der Waals surface area contributed by atoms with Gasteiger partial charge in [0.1, 0.15) is 0 Å². The molecule has 4 N–H and O–H groups in total. The average Bonchev–Trinajstić information content (AvgIpc) is 2.26. The molecule has 1 aromatic carbocycles. The summed E-state index contributed by atoms with van der Waals surface area (Å²) in [6.45, 7) is 2.72. The Morgan fingerprint density at radius 2 is 1.86 bits per heavy atom. The van der Waals surface area contributed by atoms with Gasteiger partial charge in [-0.25, -0.2) is 0 Å². The molecule has 0 fully saturated rings. The first-order valence-electron chi connectivity index (χ1n) is 5.32. The highest BCUT2D eigenvalue weighted by molar-refractivity contribution is 5.25. The Morgan fingerprint density at radius 3 is 2.36 bits per heavy atom. The fourth-order valence-corrected chi connectivity index (χ4v) is 1.45. The number of unbranched alkanes of at least 4 members (excludes halogenated alkanes) is 1. The van der Waals surface area contributed by atoms with Gasteiger partial charge in [0.2, 0.25) is 0 Å². The van der Waals surface area contributed by atoms with Crippen molar-refractivity contribution in [3.05, 3.63) is 35.4 Å². The van der Waals surface area contributed by atoms with Crippen LogP contribution < -0.4 is 11.5 Å². The maximum absolute atomic E-state index is 5.82. The molecule has 2 heteroatoms. The Kier molecular flexibility index (Phi) is 4.63. The average molecular weight is 192 g/mol. The lowest BCUT2D eigenvalue weighted by Crippen LogP contribution is -2.20. The first-order chi connectivity index (χ1) is 6.77. The van der Waals surface area contributed by atoms with Crippen LogP contribution in [0.1, 0.15) is 36.9 Å². The van der Waals surface area contributed by atoms with Gasteiger partial charge in [-0.15, -0.1) is 0 Å². The summed E-state index contributed by atoms with van der Waals surface area (Å²) < 4.78 is 0. The number of nitrogens with two attached hydrogens (primary N) is 2. The van der Waals surface area contributed by atoms with Crippen molar-refractivity contribution in [2.45, 2.75) is 32.2 Å². The molecule has 14 heavy (non-hydrogen) atoms. The predicted octanol–water partition coefficient (Wildman–Crippen LogP) is 1.99. The molecule has 0 aromatic heterocycles. The minimum atomic E-state index is -0.0183. The summed E-state index contributed by atoms with van der Waals surface area (Å²) >= 11 is 0. The Bertz CT molecular complexity index is 254. The molecule has 0 saturated heterocycles. The van der Waals surface area contributed by atoms with Gasteiger partial charge in [-0.1, -0.05) is 37.6 Å². The van der Waals surface area contributed by atoms with E-state index < -0.39 is 0 Å². The lowest BCUT2D eigenvalue weighted by atomic mass is 10.0. The van der Waals surface area contributed by atoms with Gasteiger partial charge in [-0.05, 0) is 24.0 Å². The Morgan fingerprint density at radius 1 is 1.21 bits per heavy atom. The number of benzene rings is 1. The summed E-state index contributed by atoms with van der Waals surface area (Å²) in [5.74, 6) is 0. The van der Waals surface area contributed by atoms with Gasteiger partial charge in [0.15, 0.2) is 0 Å².